The molecule has 1 aromatic carbocycles. The molecule has 0 spiro atoms. The molecule has 0 unspecified atom stereocenters. The Morgan fingerprint density at radius 2 is 2.17 bits per heavy atom. The van der Waals surface area contributed by atoms with E-state index in [2.05, 4.69) is 15.5 Å². The van der Waals surface area contributed by atoms with Gasteiger partial charge in [0.05, 0.1) is 30.1 Å². The van der Waals surface area contributed by atoms with Crippen LogP contribution in [0, 0.1) is 6.92 Å². The fourth-order valence-corrected chi connectivity index (χ4v) is 2.75. The van der Waals surface area contributed by atoms with Crippen LogP contribution in [-0.2, 0) is 0 Å². The molecule has 5 nitrogen and oxygen atoms in total. The van der Waals surface area contributed by atoms with Gasteiger partial charge >= 0.3 is 0 Å². The van der Waals surface area contributed by atoms with Gasteiger partial charge in [0, 0.05) is 5.38 Å². The van der Waals surface area contributed by atoms with E-state index in [1.807, 2.05) is 32.2 Å². The minimum Gasteiger partial charge on any atom is -0.490 e. The van der Waals surface area contributed by atoms with Crippen molar-refractivity contribution >= 4 is 34.3 Å². The van der Waals surface area contributed by atoms with Gasteiger partial charge < -0.3 is 9.47 Å². The summed E-state index contributed by atoms with van der Waals surface area (Å²) in [6, 6.07) is 3.66. The van der Waals surface area contributed by atoms with Crippen molar-refractivity contribution in [3.8, 4) is 11.5 Å². The first kappa shape index (κ1) is 17.6. The Morgan fingerprint density at radius 3 is 2.83 bits per heavy atom. The van der Waals surface area contributed by atoms with Crippen LogP contribution in [0.1, 0.15) is 31.5 Å². The summed E-state index contributed by atoms with van der Waals surface area (Å²) in [5.41, 5.74) is 4.68. The molecule has 0 aliphatic carbocycles. The molecule has 1 aromatic heterocycles. The lowest BCUT2D eigenvalue weighted by Gasteiger charge is -2.13. The maximum Gasteiger partial charge on any atom is 0.203 e. The smallest absolute Gasteiger partial charge is 0.203 e. The van der Waals surface area contributed by atoms with E-state index in [1.165, 1.54) is 11.3 Å². The number of aromatic nitrogens is 1. The standard InChI is InChI=1S/C16H20ClN3O2S/c1-4-6-22-15-13(17)7-12(8-14(15)21-5-2)9-18-20-16-19-11(3)10-23-16/h7-10H,4-6H2,1-3H3,(H,19,20)/b18-9-. The largest absolute Gasteiger partial charge is 0.490 e. The van der Waals surface area contributed by atoms with Crippen LogP contribution in [0.3, 0.4) is 0 Å². The molecular formula is C16H20ClN3O2S. The van der Waals surface area contributed by atoms with Crippen molar-refractivity contribution in [2.45, 2.75) is 27.2 Å². The Morgan fingerprint density at radius 1 is 1.35 bits per heavy atom. The summed E-state index contributed by atoms with van der Waals surface area (Å²) in [5, 5.41) is 7.40. The highest BCUT2D eigenvalue weighted by atomic mass is 35.5. The van der Waals surface area contributed by atoms with Gasteiger partial charge in [-0.3, -0.25) is 5.43 Å². The highest BCUT2D eigenvalue weighted by Crippen LogP contribution is 2.36. The van der Waals surface area contributed by atoms with Gasteiger partial charge in [0.1, 0.15) is 0 Å². The van der Waals surface area contributed by atoms with Gasteiger partial charge in [-0.2, -0.15) is 5.10 Å². The molecule has 23 heavy (non-hydrogen) atoms. The quantitative estimate of drug-likeness (QED) is 0.550. The summed E-state index contributed by atoms with van der Waals surface area (Å²) < 4.78 is 11.3. The van der Waals surface area contributed by atoms with Crippen molar-refractivity contribution in [1.82, 2.24) is 4.98 Å². The average molecular weight is 354 g/mol. The summed E-state index contributed by atoms with van der Waals surface area (Å²) in [5.74, 6) is 1.20. The highest BCUT2D eigenvalue weighted by Gasteiger charge is 2.11. The second-order valence-corrected chi connectivity index (χ2v) is 6.04. The van der Waals surface area contributed by atoms with Gasteiger partial charge in [0.2, 0.25) is 5.13 Å². The second-order valence-electron chi connectivity index (χ2n) is 4.78. The number of benzene rings is 1. The van der Waals surface area contributed by atoms with E-state index in [0.29, 0.717) is 29.7 Å². The zero-order chi connectivity index (χ0) is 16.7. The molecule has 1 N–H and O–H groups in total. The number of nitrogens with zero attached hydrogens (tertiary/aromatic N) is 2. The van der Waals surface area contributed by atoms with Crippen LogP contribution in [-0.4, -0.2) is 24.4 Å². The van der Waals surface area contributed by atoms with E-state index in [9.17, 15) is 0 Å². The molecule has 0 radical (unpaired) electrons. The van der Waals surface area contributed by atoms with Gasteiger partial charge in [-0.15, -0.1) is 11.3 Å². The monoisotopic (exact) mass is 353 g/mol. The minimum atomic E-state index is 0.510. The third-order valence-electron chi connectivity index (χ3n) is 2.78. The van der Waals surface area contributed by atoms with E-state index in [0.717, 1.165) is 22.8 Å². The van der Waals surface area contributed by atoms with Crippen molar-refractivity contribution in [1.29, 1.82) is 0 Å². The highest BCUT2D eigenvalue weighted by molar-refractivity contribution is 7.13. The van der Waals surface area contributed by atoms with Gasteiger partial charge in [-0.1, -0.05) is 18.5 Å². The molecule has 2 rings (SSSR count). The topological polar surface area (TPSA) is 55.7 Å². The minimum absolute atomic E-state index is 0.510. The van der Waals surface area contributed by atoms with Crippen molar-refractivity contribution in [2.75, 3.05) is 18.6 Å². The number of halogens is 1. The van der Waals surface area contributed by atoms with Gasteiger partial charge in [-0.25, -0.2) is 4.98 Å². The van der Waals surface area contributed by atoms with Crippen molar-refractivity contribution in [3.63, 3.8) is 0 Å². The van der Waals surface area contributed by atoms with Crippen LogP contribution in [0.25, 0.3) is 0 Å². The van der Waals surface area contributed by atoms with Crippen LogP contribution in [0.2, 0.25) is 5.02 Å². The van der Waals surface area contributed by atoms with Gasteiger partial charge in [-0.05, 0) is 38.0 Å². The number of hydrazone groups is 1. The van der Waals surface area contributed by atoms with Crippen LogP contribution in [0.5, 0.6) is 11.5 Å². The molecule has 0 bridgehead atoms. The molecule has 1 heterocycles. The normalized spacial score (nSPS) is 11.0. The van der Waals surface area contributed by atoms with E-state index >= 15 is 0 Å². The molecule has 7 heteroatoms. The van der Waals surface area contributed by atoms with Crippen LogP contribution in [0.4, 0.5) is 5.13 Å². The number of anilines is 1. The van der Waals surface area contributed by atoms with E-state index < -0.39 is 0 Å². The van der Waals surface area contributed by atoms with Crippen molar-refractivity contribution in [3.05, 3.63) is 33.8 Å². The molecule has 0 amide bonds. The first-order chi connectivity index (χ1) is 11.1. The predicted octanol–water partition coefficient (Wildman–Crippen LogP) is 4.74. The Labute approximate surface area is 145 Å². The summed E-state index contributed by atoms with van der Waals surface area (Å²) >= 11 is 7.81. The molecule has 0 aliphatic rings. The fourth-order valence-electron chi connectivity index (χ4n) is 1.84. The molecule has 0 fully saturated rings. The van der Waals surface area contributed by atoms with Crippen LogP contribution < -0.4 is 14.9 Å². The van der Waals surface area contributed by atoms with Gasteiger partial charge in [0.25, 0.3) is 0 Å². The third kappa shape index (κ3) is 5.11. The van der Waals surface area contributed by atoms with E-state index in [-0.39, 0.29) is 0 Å². The average Bonchev–Trinajstić information content (AvgIpc) is 2.92. The Balaban J connectivity index is 2.15. The van der Waals surface area contributed by atoms with Crippen LogP contribution in [0.15, 0.2) is 22.6 Å². The fraction of sp³-hybridized carbons (Fsp3) is 0.375. The number of ether oxygens (including phenoxy) is 2. The molecule has 0 saturated carbocycles. The molecular weight excluding hydrogens is 334 g/mol. The number of thiazole rings is 1. The summed E-state index contributed by atoms with van der Waals surface area (Å²) in [6.07, 6.45) is 2.58. The lowest BCUT2D eigenvalue weighted by atomic mass is 10.2. The van der Waals surface area contributed by atoms with Gasteiger partial charge in [0.15, 0.2) is 11.5 Å². The number of rotatable bonds is 8. The molecule has 0 atom stereocenters. The zero-order valence-electron chi connectivity index (χ0n) is 13.4. The van der Waals surface area contributed by atoms with Crippen molar-refractivity contribution in [2.24, 2.45) is 5.10 Å². The summed E-state index contributed by atoms with van der Waals surface area (Å²) in [7, 11) is 0. The molecule has 0 saturated heterocycles. The van der Waals surface area contributed by atoms with Crippen molar-refractivity contribution < 1.29 is 9.47 Å². The Bertz CT molecular complexity index is 673. The SMILES string of the molecule is CCCOc1c(Cl)cc(/C=N\Nc2nc(C)cs2)cc1OCC. The van der Waals surface area contributed by atoms with E-state index in [4.69, 9.17) is 21.1 Å². The second kappa shape index (κ2) is 8.74. The first-order valence-electron chi connectivity index (χ1n) is 7.44. The third-order valence-corrected chi connectivity index (χ3v) is 3.92. The zero-order valence-corrected chi connectivity index (χ0v) is 15.0. The molecule has 2 aromatic rings. The first-order valence-corrected chi connectivity index (χ1v) is 8.70. The van der Waals surface area contributed by atoms with Crippen LogP contribution >= 0.6 is 22.9 Å². The molecule has 0 aliphatic heterocycles. The lowest BCUT2D eigenvalue weighted by molar-refractivity contribution is 0.277. The number of hydrogen-bond donors (Lipinski definition) is 1. The molecule has 124 valence electrons. The van der Waals surface area contributed by atoms with E-state index in [1.54, 1.807) is 12.3 Å². The predicted molar refractivity (Wildman–Crippen MR) is 96.5 cm³/mol. The number of hydrogen-bond acceptors (Lipinski definition) is 6. The summed E-state index contributed by atoms with van der Waals surface area (Å²) in [4.78, 5) is 4.28. The number of aryl methyl sites for hydroxylation is 1. The lowest BCUT2D eigenvalue weighted by Crippen LogP contribution is -2.02. The maximum atomic E-state index is 6.31. The Hall–Kier alpha value is -1.79. The number of nitrogens with one attached hydrogen (secondary N) is 1. The Kier molecular flexibility index (Phi) is 6.67. The summed E-state index contributed by atoms with van der Waals surface area (Å²) in [6.45, 7) is 7.04. The maximum absolute atomic E-state index is 6.31.